The Bertz CT molecular complexity index is 751. The number of aliphatic hydroxyl groups excluding tert-OH is 1. The smallest absolute Gasteiger partial charge is 0.305 e. The summed E-state index contributed by atoms with van der Waals surface area (Å²) in [5.74, 6) is -0.0428. The predicted octanol–water partition coefficient (Wildman–Crippen LogP) is 13.4. The van der Waals surface area contributed by atoms with Crippen molar-refractivity contribution in [3.05, 3.63) is 24.3 Å². The molecule has 0 aliphatic carbocycles. The Morgan fingerprint density at radius 2 is 0.717 bits per heavy atom. The van der Waals surface area contributed by atoms with Crippen molar-refractivity contribution in [3.63, 3.8) is 0 Å². The summed E-state index contributed by atoms with van der Waals surface area (Å²) in [6, 6.07) is 0. The number of aliphatic hydroxyl groups is 1. The van der Waals surface area contributed by atoms with Crippen LogP contribution in [0.3, 0.4) is 0 Å². The van der Waals surface area contributed by atoms with Gasteiger partial charge >= 0.3 is 11.9 Å². The minimum atomic E-state index is -0.0214. The van der Waals surface area contributed by atoms with Gasteiger partial charge in [0.05, 0.1) is 13.2 Å². The minimum absolute atomic E-state index is 0.0214. The third kappa shape index (κ3) is 42.9. The van der Waals surface area contributed by atoms with Crippen LogP contribution < -0.4 is 0 Å². The first-order chi connectivity index (χ1) is 26.1. The number of allylic oxidation sites excluding steroid dienone is 4. The Morgan fingerprint density at radius 3 is 1.06 bits per heavy atom. The highest BCUT2D eigenvalue weighted by molar-refractivity contribution is 5.69. The van der Waals surface area contributed by atoms with Gasteiger partial charge in [0.1, 0.15) is 0 Å². The van der Waals surface area contributed by atoms with Crippen LogP contribution in [-0.4, -0.2) is 61.4 Å². The molecule has 0 saturated heterocycles. The first kappa shape index (κ1) is 51.3. The molecule has 6 heteroatoms. The van der Waals surface area contributed by atoms with E-state index in [1.54, 1.807) is 0 Å². The van der Waals surface area contributed by atoms with Gasteiger partial charge < -0.3 is 19.5 Å². The number of carbonyl (C=O) groups excluding carboxylic acids is 2. The molecule has 1 N–H and O–H groups in total. The lowest BCUT2D eigenvalue weighted by Gasteiger charge is -2.22. The van der Waals surface area contributed by atoms with E-state index < -0.39 is 0 Å². The highest BCUT2D eigenvalue weighted by atomic mass is 16.5. The number of rotatable bonds is 43. The van der Waals surface area contributed by atoms with Crippen LogP contribution in [0.25, 0.3) is 0 Å². The summed E-state index contributed by atoms with van der Waals surface area (Å²) in [7, 11) is 0. The first-order valence-electron chi connectivity index (χ1n) is 23.1. The summed E-state index contributed by atoms with van der Waals surface area (Å²) in [4.78, 5) is 25.8. The van der Waals surface area contributed by atoms with Crippen LogP contribution in [0.4, 0.5) is 0 Å². The van der Waals surface area contributed by atoms with E-state index in [1.807, 2.05) is 0 Å². The van der Waals surface area contributed by atoms with Crippen molar-refractivity contribution in [2.45, 2.75) is 226 Å². The van der Waals surface area contributed by atoms with Crippen molar-refractivity contribution < 1.29 is 24.2 Å². The van der Waals surface area contributed by atoms with Crippen LogP contribution in [0.5, 0.6) is 0 Å². The van der Waals surface area contributed by atoms with Crippen LogP contribution in [0, 0.1) is 0 Å². The van der Waals surface area contributed by atoms with Crippen LogP contribution in [-0.2, 0) is 19.1 Å². The van der Waals surface area contributed by atoms with Gasteiger partial charge in [0.15, 0.2) is 0 Å². The van der Waals surface area contributed by atoms with Crippen molar-refractivity contribution in [3.8, 4) is 0 Å². The minimum Gasteiger partial charge on any atom is -0.466 e. The number of unbranched alkanes of at least 4 members (excludes halogenated alkanes) is 24. The van der Waals surface area contributed by atoms with E-state index in [1.165, 1.54) is 154 Å². The molecule has 53 heavy (non-hydrogen) atoms. The summed E-state index contributed by atoms with van der Waals surface area (Å²) >= 11 is 0. The predicted molar refractivity (Wildman–Crippen MR) is 227 cm³/mol. The second-order valence-electron chi connectivity index (χ2n) is 15.4. The molecule has 0 radical (unpaired) electrons. The summed E-state index contributed by atoms with van der Waals surface area (Å²) in [5.41, 5.74) is 0. The number of hydrogen-bond donors (Lipinski definition) is 1. The highest BCUT2D eigenvalue weighted by Gasteiger charge is 2.05. The van der Waals surface area contributed by atoms with E-state index in [0.717, 1.165) is 64.3 Å². The standard InChI is InChI=1S/C47H89NO5/c1-3-5-44-52-46(50)38-33-29-25-21-17-13-9-7-11-15-19-23-27-31-35-40-48(42-37-43-49)41-36-32-28-24-20-16-12-8-10-14-18-22-26-30-34-39-47(51)53-45-6-4-2/h7-10,49H,3-6,11-45H2,1-2H3/b9-7-,10-8-. The van der Waals surface area contributed by atoms with Gasteiger partial charge in [-0.3, -0.25) is 9.59 Å². The molecule has 312 valence electrons. The molecule has 0 heterocycles. The van der Waals surface area contributed by atoms with Crippen molar-refractivity contribution in [2.24, 2.45) is 0 Å². The van der Waals surface area contributed by atoms with E-state index in [4.69, 9.17) is 9.47 Å². The van der Waals surface area contributed by atoms with E-state index in [9.17, 15) is 14.7 Å². The fourth-order valence-corrected chi connectivity index (χ4v) is 6.64. The molecule has 0 bridgehead atoms. The van der Waals surface area contributed by atoms with Crippen molar-refractivity contribution in [1.82, 2.24) is 4.90 Å². The molecule has 0 aromatic rings. The molecule has 0 aliphatic rings. The van der Waals surface area contributed by atoms with Crippen molar-refractivity contribution >= 4 is 11.9 Å². The van der Waals surface area contributed by atoms with Crippen molar-refractivity contribution in [1.29, 1.82) is 0 Å². The van der Waals surface area contributed by atoms with E-state index in [-0.39, 0.29) is 11.9 Å². The topological polar surface area (TPSA) is 76.1 Å². The van der Waals surface area contributed by atoms with Gasteiger partial charge in [-0.15, -0.1) is 0 Å². The Balaban J connectivity index is 3.55. The maximum Gasteiger partial charge on any atom is 0.305 e. The molecule has 0 unspecified atom stereocenters. The number of esters is 2. The molecule has 0 saturated carbocycles. The molecule has 0 rings (SSSR count). The Hall–Kier alpha value is -1.66. The quantitative estimate of drug-likeness (QED) is 0.0380. The van der Waals surface area contributed by atoms with Gasteiger partial charge in [0.2, 0.25) is 0 Å². The van der Waals surface area contributed by atoms with Crippen LogP contribution >= 0.6 is 0 Å². The number of nitrogens with zero attached hydrogens (tertiary/aromatic N) is 1. The summed E-state index contributed by atoms with van der Waals surface area (Å²) in [5, 5.41) is 9.36. The fraction of sp³-hybridized carbons (Fsp3) is 0.872. The van der Waals surface area contributed by atoms with Gasteiger partial charge in [-0.2, -0.15) is 0 Å². The van der Waals surface area contributed by atoms with Crippen molar-refractivity contribution in [2.75, 3.05) is 39.5 Å². The van der Waals surface area contributed by atoms with Gasteiger partial charge in [0.25, 0.3) is 0 Å². The molecule has 0 aromatic heterocycles. The normalized spacial score (nSPS) is 11.8. The molecule has 0 aliphatic heterocycles. The zero-order valence-corrected chi connectivity index (χ0v) is 35.4. The molecule has 0 aromatic carbocycles. The third-order valence-electron chi connectivity index (χ3n) is 10.2. The number of carbonyl (C=O) groups is 2. The lowest BCUT2D eigenvalue weighted by atomic mass is 10.1. The van der Waals surface area contributed by atoms with E-state index in [0.29, 0.717) is 32.7 Å². The van der Waals surface area contributed by atoms with Gasteiger partial charge in [-0.05, 0) is 109 Å². The largest absolute Gasteiger partial charge is 0.466 e. The summed E-state index contributed by atoms with van der Waals surface area (Å²) in [6.45, 7) is 9.12. The molecule has 6 nitrogen and oxygen atoms in total. The average Bonchev–Trinajstić information content (AvgIpc) is 3.16. The van der Waals surface area contributed by atoms with E-state index in [2.05, 4.69) is 43.1 Å². The van der Waals surface area contributed by atoms with Crippen LogP contribution in [0.15, 0.2) is 24.3 Å². The maximum absolute atomic E-state index is 11.6. The zero-order valence-electron chi connectivity index (χ0n) is 35.4. The van der Waals surface area contributed by atoms with E-state index >= 15 is 0 Å². The van der Waals surface area contributed by atoms with Gasteiger partial charge in [-0.1, -0.05) is 141 Å². The summed E-state index contributed by atoms with van der Waals surface area (Å²) in [6.07, 6.45) is 48.2. The average molecular weight is 748 g/mol. The van der Waals surface area contributed by atoms with Gasteiger partial charge in [-0.25, -0.2) is 0 Å². The maximum atomic E-state index is 11.6. The number of hydrogen-bond acceptors (Lipinski definition) is 6. The fourth-order valence-electron chi connectivity index (χ4n) is 6.64. The number of ether oxygens (including phenoxy) is 2. The molecule has 0 atom stereocenters. The highest BCUT2D eigenvalue weighted by Crippen LogP contribution is 2.13. The van der Waals surface area contributed by atoms with Gasteiger partial charge in [0, 0.05) is 26.0 Å². The molecular formula is C47H89NO5. The first-order valence-corrected chi connectivity index (χ1v) is 23.1. The van der Waals surface area contributed by atoms with Crippen LogP contribution in [0.1, 0.15) is 226 Å². The van der Waals surface area contributed by atoms with Crippen LogP contribution in [0.2, 0.25) is 0 Å². The molecular weight excluding hydrogens is 659 g/mol. The second-order valence-corrected chi connectivity index (χ2v) is 15.4. The Kier molecular flexibility index (Phi) is 43.3. The lowest BCUT2D eigenvalue weighted by Crippen LogP contribution is -2.27. The molecule has 0 amide bonds. The second kappa shape index (κ2) is 44.7. The SMILES string of the molecule is CCCCOC(=O)CCCCCCC/C=C\CCCCCCCCN(CCCO)CCCCCCCC/C=C\CCCCCCCC(=O)OCCCC. The zero-order chi connectivity index (χ0) is 38.6. The molecule has 0 fully saturated rings. The lowest BCUT2D eigenvalue weighted by molar-refractivity contribution is -0.144. The summed E-state index contributed by atoms with van der Waals surface area (Å²) < 4.78 is 10.4. The monoisotopic (exact) mass is 748 g/mol. The Morgan fingerprint density at radius 1 is 0.415 bits per heavy atom. The third-order valence-corrected chi connectivity index (χ3v) is 10.2. The Labute approximate surface area is 329 Å². The molecule has 0 spiro atoms.